The second kappa shape index (κ2) is 20.1. The smallest absolute Gasteiger partial charge is 0.246 e. The minimum absolute atomic E-state index is 0.0280. The number of rotatable bonds is 15. The highest BCUT2D eigenvalue weighted by Gasteiger charge is 2.06. The number of ether oxygens (including phenoxy) is 3. The quantitative estimate of drug-likeness (QED) is 0.424. The summed E-state index contributed by atoms with van der Waals surface area (Å²) in [5, 5.41) is 5.13. The first-order chi connectivity index (χ1) is 12.4. The van der Waals surface area contributed by atoms with Crippen LogP contribution in [0.3, 0.4) is 0 Å². The second-order valence-electron chi connectivity index (χ2n) is 5.64. The summed E-state index contributed by atoms with van der Waals surface area (Å²) in [7, 11) is 0. The van der Waals surface area contributed by atoms with Crippen molar-refractivity contribution in [1.82, 2.24) is 10.6 Å². The number of amides is 2. The zero-order chi connectivity index (χ0) is 20.2. The molecule has 0 aromatic rings. The van der Waals surface area contributed by atoms with Gasteiger partial charge in [0.15, 0.2) is 0 Å². The van der Waals surface area contributed by atoms with Crippen LogP contribution in [0.4, 0.5) is 4.39 Å². The summed E-state index contributed by atoms with van der Waals surface area (Å²) in [5.74, 6) is -0.383. The minimum atomic E-state index is -1.20. The van der Waals surface area contributed by atoms with Crippen molar-refractivity contribution in [2.75, 3.05) is 46.1 Å². The summed E-state index contributed by atoms with van der Waals surface area (Å²) in [6, 6.07) is 0. The van der Waals surface area contributed by atoms with Gasteiger partial charge in [0, 0.05) is 33.3 Å². The molecule has 0 heterocycles. The van der Waals surface area contributed by atoms with Crippen molar-refractivity contribution in [1.29, 1.82) is 0 Å². The number of carbonyl (C=O) groups is 2. The Balaban J connectivity index is 0. The lowest BCUT2D eigenvalue weighted by atomic mass is 10.4. The molecule has 1 atom stereocenters. The molecule has 26 heavy (non-hydrogen) atoms. The van der Waals surface area contributed by atoms with E-state index in [1.54, 1.807) is 0 Å². The molecule has 0 saturated heterocycles. The van der Waals surface area contributed by atoms with Gasteiger partial charge in [0.1, 0.15) is 12.8 Å². The van der Waals surface area contributed by atoms with Gasteiger partial charge >= 0.3 is 0 Å². The van der Waals surface area contributed by atoms with Gasteiger partial charge in [0.05, 0.1) is 19.3 Å². The number of alkyl halides is 1. The highest BCUT2D eigenvalue weighted by Crippen LogP contribution is 1.93. The van der Waals surface area contributed by atoms with Crippen LogP contribution in [0, 0.1) is 0 Å². The Hall–Kier alpha value is -1.25. The normalized spacial score (nSPS) is 11.5. The minimum Gasteiger partial charge on any atom is -0.381 e. The molecule has 156 valence electrons. The van der Waals surface area contributed by atoms with E-state index in [2.05, 4.69) is 10.6 Å². The molecule has 0 aliphatic carbocycles. The molecule has 0 rings (SSSR count). The molecular weight excluding hydrogens is 343 g/mol. The molecule has 0 aliphatic rings. The predicted octanol–water partition coefficient (Wildman–Crippen LogP) is 1.84. The van der Waals surface area contributed by atoms with Crippen LogP contribution in [-0.4, -0.2) is 70.2 Å². The van der Waals surface area contributed by atoms with Crippen molar-refractivity contribution in [3.05, 3.63) is 0 Å². The van der Waals surface area contributed by atoms with Gasteiger partial charge in [-0.25, -0.2) is 4.39 Å². The largest absolute Gasteiger partial charge is 0.381 e. The standard InChI is InChI=1S/C16H31FN2O5.C2H6/c1-13(2)24-12-16(21)18-6-4-7-22-8-5-9-23-11-15(17)10-19-14(3)20;1-2/h13,15H,4-12H2,1-3H3,(H,18,21)(H,19,20);1-2H3. The molecule has 0 fully saturated rings. The Morgan fingerprint density at radius 3 is 2.23 bits per heavy atom. The summed E-state index contributed by atoms with van der Waals surface area (Å²) in [6.45, 7) is 11.1. The summed E-state index contributed by atoms with van der Waals surface area (Å²) in [6.07, 6.45) is 0.233. The van der Waals surface area contributed by atoms with E-state index in [9.17, 15) is 14.0 Å². The average molecular weight is 381 g/mol. The molecule has 0 aliphatic heterocycles. The fourth-order valence-electron chi connectivity index (χ4n) is 1.59. The van der Waals surface area contributed by atoms with E-state index in [-0.39, 0.29) is 37.7 Å². The number of nitrogens with one attached hydrogen (secondary N) is 2. The number of carbonyl (C=O) groups excluding carboxylic acids is 2. The van der Waals surface area contributed by atoms with Crippen LogP contribution in [-0.2, 0) is 23.8 Å². The van der Waals surface area contributed by atoms with Crippen LogP contribution in [0.15, 0.2) is 0 Å². The highest BCUT2D eigenvalue weighted by molar-refractivity contribution is 5.77. The lowest BCUT2D eigenvalue weighted by Crippen LogP contribution is -2.30. The van der Waals surface area contributed by atoms with Crippen LogP contribution in [0.5, 0.6) is 0 Å². The van der Waals surface area contributed by atoms with Crippen molar-refractivity contribution >= 4 is 11.8 Å². The predicted molar refractivity (Wildman–Crippen MR) is 99.9 cm³/mol. The summed E-state index contributed by atoms with van der Waals surface area (Å²) < 4.78 is 28.9. The molecule has 0 spiro atoms. The van der Waals surface area contributed by atoms with Crippen molar-refractivity contribution in [2.24, 2.45) is 0 Å². The SMILES string of the molecule is CC.CC(=O)NCC(F)COCCCOCCCNC(=O)COC(C)C. The third-order valence-corrected chi connectivity index (χ3v) is 2.78. The maximum absolute atomic E-state index is 13.2. The van der Waals surface area contributed by atoms with Gasteiger partial charge in [0.2, 0.25) is 11.8 Å². The first-order valence-electron chi connectivity index (χ1n) is 9.34. The van der Waals surface area contributed by atoms with Gasteiger partial charge in [-0.2, -0.15) is 0 Å². The summed E-state index contributed by atoms with van der Waals surface area (Å²) in [4.78, 5) is 21.9. The highest BCUT2D eigenvalue weighted by atomic mass is 19.1. The Morgan fingerprint density at radius 1 is 1.00 bits per heavy atom. The zero-order valence-electron chi connectivity index (χ0n) is 16.9. The molecule has 8 heteroatoms. The molecular formula is C18H37FN2O5. The molecule has 0 aromatic carbocycles. The van der Waals surface area contributed by atoms with E-state index in [1.165, 1.54) is 6.92 Å². The average Bonchev–Trinajstić information content (AvgIpc) is 2.61. The Labute approximate surface area is 157 Å². The molecule has 0 radical (unpaired) electrons. The molecule has 1 unspecified atom stereocenters. The number of hydrogen-bond donors (Lipinski definition) is 2. The van der Waals surface area contributed by atoms with Crippen LogP contribution in [0.1, 0.15) is 47.5 Å². The Bertz CT molecular complexity index is 344. The maximum Gasteiger partial charge on any atom is 0.246 e. The van der Waals surface area contributed by atoms with Crippen molar-refractivity contribution in [2.45, 2.75) is 59.7 Å². The second-order valence-corrected chi connectivity index (χ2v) is 5.64. The first-order valence-corrected chi connectivity index (χ1v) is 9.34. The van der Waals surface area contributed by atoms with Crippen molar-refractivity contribution in [3.8, 4) is 0 Å². The van der Waals surface area contributed by atoms with Gasteiger partial charge in [-0.05, 0) is 26.7 Å². The van der Waals surface area contributed by atoms with Gasteiger partial charge in [-0.1, -0.05) is 13.8 Å². The van der Waals surface area contributed by atoms with E-state index in [1.807, 2.05) is 27.7 Å². The maximum atomic E-state index is 13.2. The van der Waals surface area contributed by atoms with Crippen LogP contribution >= 0.6 is 0 Å². The Kier molecular flexibility index (Phi) is 20.8. The van der Waals surface area contributed by atoms with E-state index in [0.29, 0.717) is 32.8 Å². The summed E-state index contributed by atoms with van der Waals surface area (Å²) in [5.41, 5.74) is 0. The first kappa shape index (κ1) is 27.0. The summed E-state index contributed by atoms with van der Waals surface area (Å²) >= 11 is 0. The molecule has 0 aromatic heterocycles. The lowest BCUT2D eigenvalue weighted by Gasteiger charge is -2.10. The van der Waals surface area contributed by atoms with E-state index < -0.39 is 6.17 Å². The third kappa shape index (κ3) is 22.8. The fourth-order valence-corrected chi connectivity index (χ4v) is 1.59. The van der Waals surface area contributed by atoms with Gasteiger partial charge in [-0.3, -0.25) is 9.59 Å². The van der Waals surface area contributed by atoms with Crippen LogP contribution in [0.2, 0.25) is 0 Å². The van der Waals surface area contributed by atoms with Crippen LogP contribution < -0.4 is 10.6 Å². The number of halogens is 1. The van der Waals surface area contributed by atoms with Crippen molar-refractivity contribution in [3.63, 3.8) is 0 Å². The molecule has 7 nitrogen and oxygen atoms in total. The monoisotopic (exact) mass is 380 g/mol. The molecule has 0 saturated carbocycles. The van der Waals surface area contributed by atoms with Crippen molar-refractivity contribution < 1.29 is 28.2 Å². The lowest BCUT2D eigenvalue weighted by molar-refractivity contribution is -0.127. The zero-order valence-corrected chi connectivity index (χ0v) is 16.9. The fraction of sp³-hybridized carbons (Fsp3) is 0.889. The van der Waals surface area contributed by atoms with Gasteiger partial charge in [-0.15, -0.1) is 0 Å². The van der Waals surface area contributed by atoms with E-state index >= 15 is 0 Å². The topological polar surface area (TPSA) is 85.9 Å². The van der Waals surface area contributed by atoms with Gasteiger partial charge < -0.3 is 24.8 Å². The third-order valence-electron chi connectivity index (χ3n) is 2.78. The number of hydrogen-bond acceptors (Lipinski definition) is 5. The van der Waals surface area contributed by atoms with Gasteiger partial charge in [0.25, 0.3) is 0 Å². The van der Waals surface area contributed by atoms with E-state index in [0.717, 1.165) is 6.42 Å². The Morgan fingerprint density at radius 2 is 1.62 bits per heavy atom. The molecule has 2 N–H and O–H groups in total. The molecule has 2 amide bonds. The van der Waals surface area contributed by atoms with Crippen LogP contribution in [0.25, 0.3) is 0 Å². The van der Waals surface area contributed by atoms with E-state index in [4.69, 9.17) is 14.2 Å². The molecule has 0 bridgehead atoms.